The minimum atomic E-state index is -3.93. The monoisotopic (exact) mass is 382 g/mol. The zero-order valence-electron chi connectivity index (χ0n) is 13.4. The molecule has 1 heterocycles. The first kappa shape index (κ1) is 18.2. The van der Waals surface area contributed by atoms with Gasteiger partial charge in [-0.25, -0.2) is 22.6 Å². The third kappa shape index (κ3) is 3.98. The standard InChI is InChI=1S/C16H16F2N4O3S/c17-13-7-6-11(8-14(13)18)20-15(23)12-9-19-21-16(12)26(24,25)22-10-4-2-1-3-5-10/h1-8,12,16,19,21-22H,9H2,(H,20,23). The van der Waals surface area contributed by atoms with Crippen molar-refractivity contribution in [3.8, 4) is 0 Å². The molecular weight excluding hydrogens is 366 g/mol. The first-order valence-electron chi connectivity index (χ1n) is 7.68. The Kier molecular flexibility index (Phi) is 5.16. The fraction of sp³-hybridized carbons (Fsp3) is 0.188. The van der Waals surface area contributed by atoms with Gasteiger partial charge < -0.3 is 5.32 Å². The summed E-state index contributed by atoms with van der Waals surface area (Å²) in [6, 6.07) is 11.1. The summed E-state index contributed by atoms with van der Waals surface area (Å²) in [6.07, 6.45) is 0. The summed E-state index contributed by atoms with van der Waals surface area (Å²) in [5.41, 5.74) is 5.59. The van der Waals surface area contributed by atoms with E-state index in [1.54, 1.807) is 30.3 Å². The number of benzene rings is 2. The molecule has 1 amide bonds. The molecule has 1 fully saturated rings. The van der Waals surface area contributed by atoms with Crippen molar-refractivity contribution in [3.05, 3.63) is 60.2 Å². The molecule has 1 aliphatic rings. The summed E-state index contributed by atoms with van der Waals surface area (Å²) in [5, 5.41) is 1.16. The molecule has 0 radical (unpaired) electrons. The van der Waals surface area contributed by atoms with Gasteiger partial charge in [0.05, 0.1) is 5.92 Å². The number of halogens is 2. The van der Waals surface area contributed by atoms with Crippen LogP contribution in [-0.4, -0.2) is 26.2 Å². The average Bonchev–Trinajstić information content (AvgIpc) is 3.10. The normalized spacial score (nSPS) is 19.9. The number of rotatable bonds is 5. The van der Waals surface area contributed by atoms with Crippen LogP contribution in [0.5, 0.6) is 0 Å². The maximum Gasteiger partial charge on any atom is 0.250 e. The third-order valence-electron chi connectivity index (χ3n) is 3.82. The molecule has 4 N–H and O–H groups in total. The maximum absolute atomic E-state index is 13.3. The summed E-state index contributed by atoms with van der Waals surface area (Å²) < 4.78 is 53.8. The number of carbonyl (C=O) groups excluding carboxylic acids is 1. The molecule has 2 aromatic carbocycles. The van der Waals surface area contributed by atoms with Gasteiger partial charge in [0.1, 0.15) is 0 Å². The van der Waals surface area contributed by atoms with E-state index in [0.717, 1.165) is 12.1 Å². The first-order valence-corrected chi connectivity index (χ1v) is 9.22. The Bertz CT molecular complexity index is 909. The van der Waals surface area contributed by atoms with E-state index in [1.807, 2.05) is 0 Å². The Morgan fingerprint density at radius 3 is 2.46 bits per heavy atom. The van der Waals surface area contributed by atoms with Crippen molar-refractivity contribution < 1.29 is 22.0 Å². The van der Waals surface area contributed by atoms with Crippen molar-refractivity contribution in [2.24, 2.45) is 5.92 Å². The molecule has 2 unspecified atom stereocenters. The number of hydrazine groups is 1. The second kappa shape index (κ2) is 7.36. The molecule has 0 saturated carbocycles. The molecule has 0 aromatic heterocycles. The molecule has 138 valence electrons. The number of hydrogen-bond acceptors (Lipinski definition) is 5. The zero-order valence-corrected chi connectivity index (χ0v) is 14.2. The van der Waals surface area contributed by atoms with E-state index in [4.69, 9.17) is 0 Å². The van der Waals surface area contributed by atoms with Crippen molar-refractivity contribution in [1.29, 1.82) is 0 Å². The second-order valence-corrected chi connectivity index (χ2v) is 7.49. The highest BCUT2D eigenvalue weighted by atomic mass is 32.2. The molecule has 0 spiro atoms. The predicted octanol–water partition coefficient (Wildman–Crippen LogP) is 1.40. The largest absolute Gasteiger partial charge is 0.326 e. The Balaban J connectivity index is 1.74. The molecule has 1 aliphatic heterocycles. The van der Waals surface area contributed by atoms with Crippen molar-refractivity contribution in [2.75, 3.05) is 16.6 Å². The molecule has 26 heavy (non-hydrogen) atoms. The van der Waals surface area contributed by atoms with Gasteiger partial charge in [0.25, 0.3) is 10.0 Å². The van der Waals surface area contributed by atoms with E-state index in [0.29, 0.717) is 5.69 Å². The SMILES string of the molecule is O=C(Nc1ccc(F)c(F)c1)C1CNNC1S(=O)(=O)Nc1ccccc1. The van der Waals surface area contributed by atoms with Gasteiger partial charge in [0.15, 0.2) is 17.0 Å². The van der Waals surface area contributed by atoms with E-state index < -0.39 is 38.9 Å². The molecule has 3 rings (SSSR count). The van der Waals surface area contributed by atoms with Crippen LogP contribution in [-0.2, 0) is 14.8 Å². The van der Waals surface area contributed by atoms with Crippen LogP contribution in [0.25, 0.3) is 0 Å². The Hall–Kier alpha value is -2.56. The van der Waals surface area contributed by atoms with E-state index in [2.05, 4.69) is 20.9 Å². The fourth-order valence-electron chi connectivity index (χ4n) is 2.54. The summed E-state index contributed by atoms with van der Waals surface area (Å²) in [6.45, 7) is 0.0515. The van der Waals surface area contributed by atoms with Gasteiger partial charge in [0, 0.05) is 24.0 Å². The van der Waals surface area contributed by atoms with Crippen LogP contribution in [0.15, 0.2) is 48.5 Å². The number of para-hydroxylation sites is 1. The fourth-order valence-corrected chi connectivity index (χ4v) is 4.03. The van der Waals surface area contributed by atoms with Crippen LogP contribution < -0.4 is 20.9 Å². The lowest BCUT2D eigenvalue weighted by Gasteiger charge is -2.19. The van der Waals surface area contributed by atoms with Crippen LogP contribution in [0.1, 0.15) is 0 Å². The van der Waals surface area contributed by atoms with Gasteiger partial charge in [-0.05, 0) is 24.3 Å². The molecule has 2 atom stereocenters. The van der Waals surface area contributed by atoms with E-state index in [1.165, 1.54) is 6.07 Å². The van der Waals surface area contributed by atoms with Crippen molar-refractivity contribution in [1.82, 2.24) is 10.9 Å². The minimum absolute atomic E-state index is 0.0352. The molecule has 2 aromatic rings. The van der Waals surface area contributed by atoms with Gasteiger partial charge >= 0.3 is 0 Å². The van der Waals surface area contributed by atoms with Crippen molar-refractivity contribution in [2.45, 2.75) is 5.37 Å². The van der Waals surface area contributed by atoms with E-state index in [9.17, 15) is 22.0 Å². The van der Waals surface area contributed by atoms with E-state index >= 15 is 0 Å². The number of sulfonamides is 1. The lowest BCUT2D eigenvalue weighted by molar-refractivity contribution is -0.119. The van der Waals surface area contributed by atoms with Gasteiger partial charge in [-0.1, -0.05) is 18.2 Å². The van der Waals surface area contributed by atoms with Crippen LogP contribution in [0.2, 0.25) is 0 Å². The highest BCUT2D eigenvalue weighted by molar-refractivity contribution is 7.93. The Morgan fingerprint density at radius 1 is 1.04 bits per heavy atom. The number of nitrogens with one attached hydrogen (secondary N) is 4. The quantitative estimate of drug-likeness (QED) is 0.627. The highest BCUT2D eigenvalue weighted by Gasteiger charge is 2.41. The topological polar surface area (TPSA) is 99.3 Å². The zero-order chi connectivity index (χ0) is 18.7. The van der Waals surface area contributed by atoms with Crippen LogP contribution in [0, 0.1) is 17.6 Å². The third-order valence-corrected chi connectivity index (χ3v) is 5.46. The Labute approximate surface area is 148 Å². The summed E-state index contributed by atoms with van der Waals surface area (Å²) in [5.74, 6) is -3.78. The lowest BCUT2D eigenvalue weighted by atomic mass is 10.1. The molecule has 0 aliphatic carbocycles. The molecule has 0 bridgehead atoms. The first-order chi connectivity index (χ1) is 12.4. The Morgan fingerprint density at radius 2 is 1.77 bits per heavy atom. The summed E-state index contributed by atoms with van der Waals surface area (Å²) >= 11 is 0. The molecule has 1 saturated heterocycles. The van der Waals surface area contributed by atoms with Gasteiger partial charge in [-0.15, -0.1) is 0 Å². The van der Waals surface area contributed by atoms with Gasteiger partial charge in [-0.3, -0.25) is 14.9 Å². The highest BCUT2D eigenvalue weighted by Crippen LogP contribution is 2.20. The second-order valence-electron chi connectivity index (χ2n) is 5.68. The minimum Gasteiger partial charge on any atom is -0.326 e. The average molecular weight is 382 g/mol. The van der Waals surface area contributed by atoms with Crippen LogP contribution in [0.4, 0.5) is 20.2 Å². The number of hydrogen-bond donors (Lipinski definition) is 4. The van der Waals surface area contributed by atoms with Crippen molar-refractivity contribution in [3.63, 3.8) is 0 Å². The van der Waals surface area contributed by atoms with Gasteiger partial charge in [-0.2, -0.15) is 0 Å². The number of anilines is 2. The van der Waals surface area contributed by atoms with Crippen LogP contribution >= 0.6 is 0 Å². The summed E-state index contributed by atoms with van der Waals surface area (Å²) in [7, 11) is -3.93. The maximum atomic E-state index is 13.3. The number of carbonyl (C=O) groups is 1. The smallest absolute Gasteiger partial charge is 0.250 e. The molecule has 10 heteroatoms. The summed E-state index contributed by atoms with van der Waals surface area (Å²) in [4.78, 5) is 12.4. The molecule has 7 nitrogen and oxygen atoms in total. The van der Waals surface area contributed by atoms with E-state index in [-0.39, 0.29) is 12.2 Å². The van der Waals surface area contributed by atoms with Crippen LogP contribution in [0.3, 0.4) is 0 Å². The molecular formula is C16H16F2N4O3S. The number of amides is 1. The van der Waals surface area contributed by atoms with Gasteiger partial charge in [0.2, 0.25) is 5.91 Å². The predicted molar refractivity (Wildman–Crippen MR) is 92.4 cm³/mol. The lowest BCUT2D eigenvalue weighted by Crippen LogP contribution is -2.45. The van der Waals surface area contributed by atoms with Crippen molar-refractivity contribution >= 4 is 27.3 Å².